The molecule has 0 saturated carbocycles. The number of aryl methyl sites for hydroxylation is 1. The van der Waals surface area contributed by atoms with Gasteiger partial charge in [0.1, 0.15) is 5.60 Å². The predicted molar refractivity (Wildman–Crippen MR) is 131 cm³/mol. The lowest BCUT2D eigenvalue weighted by Gasteiger charge is -2.33. The molecule has 0 N–H and O–H groups in total. The summed E-state index contributed by atoms with van der Waals surface area (Å²) in [6, 6.07) is 6.86. The van der Waals surface area contributed by atoms with Crippen LogP contribution < -0.4 is 4.90 Å². The molecule has 1 saturated heterocycles. The van der Waals surface area contributed by atoms with Crippen LogP contribution in [0.25, 0.3) is 0 Å². The minimum Gasteiger partial charge on any atom is -0.444 e. The van der Waals surface area contributed by atoms with E-state index in [9.17, 15) is 4.79 Å². The fraction of sp³-hybridized carbons (Fsp3) is 0.600. The number of hydrogen-bond acceptors (Lipinski definition) is 5. The van der Waals surface area contributed by atoms with E-state index in [0.717, 1.165) is 67.7 Å². The molecule has 0 bridgehead atoms. The minimum absolute atomic E-state index is 0.249. The summed E-state index contributed by atoms with van der Waals surface area (Å²) in [5.74, 6) is 0.994. The molecule has 1 aromatic heterocycles. The van der Waals surface area contributed by atoms with Gasteiger partial charge in [-0.3, -0.25) is 4.68 Å². The van der Waals surface area contributed by atoms with Crippen molar-refractivity contribution in [1.29, 1.82) is 0 Å². The fourth-order valence-corrected chi connectivity index (χ4v) is 5.55. The van der Waals surface area contributed by atoms with E-state index in [2.05, 4.69) is 43.7 Å². The van der Waals surface area contributed by atoms with Crippen molar-refractivity contribution < 1.29 is 14.3 Å². The molecule has 0 unspecified atom stereocenters. The van der Waals surface area contributed by atoms with Gasteiger partial charge in [-0.15, -0.1) is 0 Å². The maximum Gasteiger partial charge on any atom is 0.410 e. The van der Waals surface area contributed by atoms with E-state index in [1.165, 1.54) is 16.9 Å². The van der Waals surface area contributed by atoms with Crippen molar-refractivity contribution in [3.05, 3.63) is 39.5 Å². The van der Waals surface area contributed by atoms with Crippen LogP contribution in [-0.4, -0.2) is 52.7 Å². The summed E-state index contributed by atoms with van der Waals surface area (Å²) < 4.78 is 14.7. The van der Waals surface area contributed by atoms with Gasteiger partial charge in [-0.05, 0) is 70.2 Å². The topological polar surface area (TPSA) is 59.8 Å². The standard InChI is InChI=1S/C25H33BrN4O3/c1-25(2,3)33-24(31)28-12-8-22-20(16-28)23(27-30(22)19-9-13-32-14-10-19)29-11-4-5-17-15-18(26)6-7-21(17)29/h6-7,15,19H,4-5,8-14,16H2,1-3H3. The molecule has 0 aliphatic carbocycles. The molecular formula is C25H33BrN4O3. The van der Waals surface area contributed by atoms with Crippen molar-refractivity contribution in [3.63, 3.8) is 0 Å². The van der Waals surface area contributed by atoms with Gasteiger partial charge in [-0.25, -0.2) is 4.79 Å². The lowest BCUT2D eigenvalue weighted by atomic mass is 10.00. The van der Waals surface area contributed by atoms with Gasteiger partial charge in [0.2, 0.25) is 0 Å². The first-order chi connectivity index (χ1) is 15.8. The Bertz CT molecular complexity index is 1040. The van der Waals surface area contributed by atoms with E-state index in [1.54, 1.807) is 0 Å². The molecule has 33 heavy (non-hydrogen) atoms. The Morgan fingerprint density at radius 3 is 2.73 bits per heavy atom. The first-order valence-corrected chi connectivity index (χ1v) is 12.8. The third-order valence-electron chi connectivity index (χ3n) is 6.67. The first-order valence-electron chi connectivity index (χ1n) is 12.0. The van der Waals surface area contributed by atoms with Gasteiger partial charge in [0.15, 0.2) is 5.82 Å². The number of hydrogen-bond donors (Lipinski definition) is 0. The summed E-state index contributed by atoms with van der Waals surface area (Å²) >= 11 is 3.62. The summed E-state index contributed by atoms with van der Waals surface area (Å²) in [5.41, 5.74) is 4.48. The van der Waals surface area contributed by atoms with Crippen molar-refractivity contribution in [2.24, 2.45) is 0 Å². The Morgan fingerprint density at radius 1 is 1.18 bits per heavy atom. The van der Waals surface area contributed by atoms with E-state index in [4.69, 9.17) is 14.6 Å². The zero-order valence-corrected chi connectivity index (χ0v) is 21.4. The Morgan fingerprint density at radius 2 is 1.97 bits per heavy atom. The molecule has 8 heteroatoms. The van der Waals surface area contributed by atoms with E-state index >= 15 is 0 Å². The van der Waals surface area contributed by atoms with Crippen LogP contribution in [-0.2, 0) is 28.9 Å². The van der Waals surface area contributed by atoms with Crippen LogP contribution in [0.4, 0.5) is 16.3 Å². The summed E-state index contributed by atoms with van der Waals surface area (Å²) in [6.07, 6.45) is 4.65. The van der Waals surface area contributed by atoms with Gasteiger partial charge in [-0.2, -0.15) is 5.10 Å². The number of aromatic nitrogens is 2. The SMILES string of the molecule is CC(C)(C)OC(=O)N1CCc2c(c(N3CCCc4cc(Br)ccc43)nn2C2CCOCC2)C1. The average Bonchev–Trinajstić information content (AvgIpc) is 3.16. The molecular weight excluding hydrogens is 484 g/mol. The number of carbonyl (C=O) groups is 1. The fourth-order valence-electron chi connectivity index (χ4n) is 5.14. The highest BCUT2D eigenvalue weighted by Gasteiger charge is 2.35. The van der Waals surface area contributed by atoms with Crippen LogP contribution in [0.15, 0.2) is 22.7 Å². The van der Waals surface area contributed by atoms with Crippen molar-refractivity contribution in [3.8, 4) is 0 Å². The molecule has 1 fully saturated rings. The van der Waals surface area contributed by atoms with Gasteiger partial charge < -0.3 is 19.3 Å². The molecule has 4 heterocycles. The molecule has 3 aliphatic rings. The number of nitrogens with zero attached hydrogens (tertiary/aromatic N) is 4. The van der Waals surface area contributed by atoms with E-state index in [-0.39, 0.29) is 6.09 Å². The van der Waals surface area contributed by atoms with Crippen LogP contribution in [0, 0.1) is 0 Å². The molecule has 178 valence electrons. The summed E-state index contributed by atoms with van der Waals surface area (Å²) in [5, 5.41) is 5.23. The second-order valence-electron chi connectivity index (χ2n) is 10.2. The van der Waals surface area contributed by atoms with Crippen LogP contribution in [0.2, 0.25) is 0 Å². The van der Waals surface area contributed by atoms with E-state index in [1.807, 2.05) is 25.7 Å². The number of fused-ring (bicyclic) bond motifs is 2. The largest absolute Gasteiger partial charge is 0.444 e. The highest BCUT2D eigenvalue weighted by Crippen LogP contribution is 2.40. The maximum atomic E-state index is 12.9. The van der Waals surface area contributed by atoms with Gasteiger partial charge in [0.25, 0.3) is 0 Å². The summed E-state index contributed by atoms with van der Waals surface area (Å²) in [4.78, 5) is 17.1. The quantitative estimate of drug-likeness (QED) is 0.536. The Hall–Kier alpha value is -2.06. The Labute approximate surface area is 204 Å². The predicted octanol–water partition coefficient (Wildman–Crippen LogP) is 5.37. The zero-order valence-electron chi connectivity index (χ0n) is 19.8. The first kappa shape index (κ1) is 22.7. The number of carbonyl (C=O) groups excluding carboxylic acids is 1. The highest BCUT2D eigenvalue weighted by molar-refractivity contribution is 9.10. The molecule has 0 radical (unpaired) electrons. The summed E-state index contributed by atoms with van der Waals surface area (Å²) in [7, 11) is 0. The lowest BCUT2D eigenvalue weighted by molar-refractivity contribution is 0.0221. The second kappa shape index (κ2) is 8.95. The van der Waals surface area contributed by atoms with Crippen molar-refractivity contribution in [1.82, 2.24) is 14.7 Å². The second-order valence-corrected chi connectivity index (χ2v) is 11.1. The zero-order chi connectivity index (χ0) is 23.2. The highest BCUT2D eigenvalue weighted by atomic mass is 79.9. The van der Waals surface area contributed by atoms with Gasteiger partial charge >= 0.3 is 6.09 Å². The molecule has 7 nitrogen and oxygen atoms in total. The maximum absolute atomic E-state index is 12.9. The number of amides is 1. The van der Waals surface area contributed by atoms with Crippen LogP contribution >= 0.6 is 15.9 Å². The Balaban J connectivity index is 1.53. The van der Waals surface area contributed by atoms with Gasteiger partial charge in [0.05, 0.1) is 12.6 Å². The van der Waals surface area contributed by atoms with Crippen LogP contribution in [0.5, 0.6) is 0 Å². The van der Waals surface area contributed by atoms with Gasteiger partial charge in [0, 0.05) is 54.1 Å². The normalized spacial score (nSPS) is 19.3. The molecule has 3 aliphatic heterocycles. The van der Waals surface area contributed by atoms with Crippen molar-refractivity contribution in [2.45, 2.75) is 71.1 Å². The van der Waals surface area contributed by atoms with Crippen molar-refractivity contribution in [2.75, 3.05) is 31.2 Å². The minimum atomic E-state index is -0.508. The van der Waals surface area contributed by atoms with Crippen LogP contribution in [0.1, 0.15) is 62.9 Å². The smallest absolute Gasteiger partial charge is 0.410 e. The van der Waals surface area contributed by atoms with E-state index in [0.29, 0.717) is 19.1 Å². The molecule has 1 amide bonds. The number of benzene rings is 1. The Kier molecular flexibility index (Phi) is 6.16. The number of ether oxygens (including phenoxy) is 2. The van der Waals surface area contributed by atoms with Gasteiger partial charge in [-0.1, -0.05) is 15.9 Å². The number of halogens is 1. The summed E-state index contributed by atoms with van der Waals surface area (Å²) in [6.45, 7) is 9.41. The molecule has 2 aromatic rings. The average molecular weight is 517 g/mol. The molecule has 0 atom stereocenters. The third-order valence-corrected chi connectivity index (χ3v) is 7.16. The monoisotopic (exact) mass is 516 g/mol. The molecule has 1 aromatic carbocycles. The number of rotatable bonds is 2. The van der Waals surface area contributed by atoms with Crippen LogP contribution in [0.3, 0.4) is 0 Å². The molecule has 0 spiro atoms. The third kappa shape index (κ3) is 4.64. The van der Waals surface area contributed by atoms with Crippen molar-refractivity contribution >= 4 is 33.5 Å². The number of anilines is 2. The molecule has 5 rings (SSSR count). The van der Waals surface area contributed by atoms with E-state index < -0.39 is 5.60 Å². The lowest BCUT2D eigenvalue weighted by Crippen LogP contribution is -2.40.